The van der Waals surface area contributed by atoms with E-state index in [2.05, 4.69) is 0 Å². The zero-order chi connectivity index (χ0) is 8.77. The fraction of sp³-hybridized carbons (Fsp3) is 0.889. The summed E-state index contributed by atoms with van der Waals surface area (Å²) in [5.41, 5.74) is 4.03. The molecule has 3 rings (SSSR count). The molecule has 1 amide bonds. The number of amides is 1. The minimum atomic E-state index is -1.17. The normalized spacial score (nSPS) is 46.1. The first-order valence-electron chi connectivity index (χ1n) is 4.65. The van der Waals surface area contributed by atoms with Gasteiger partial charge in [-0.15, -0.1) is 0 Å². The lowest BCUT2D eigenvalue weighted by Gasteiger charge is -2.46. The maximum Gasteiger partial charge on any atom is 0.249 e. The molecule has 3 N–H and O–H groups in total. The molecule has 3 aliphatic rings. The van der Waals surface area contributed by atoms with Crippen LogP contribution in [0.4, 0.5) is 0 Å². The van der Waals surface area contributed by atoms with Crippen molar-refractivity contribution in [3.05, 3.63) is 0 Å². The number of carbonyl (C=O) groups excluding carboxylic acids is 1. The van der Waals surface area contributed by atoms with Gasteiger partial charge in [0.05, 0.1) is 0 Å². The van der Waals surface area contributed by atoms with Crippen molar-refractivity contribution >= 4 is 5.91 Å². The first-order valence-corrected chi connectivity index (χ1v) is 4.65. The Hall–Kier alpha value is -0.570. The second-order valence-corrected chi connectivity index (χ2v) is 4.21. The van der Waals surface area contributed by atoms with Crippen LogP contribution in [0.25, 0.3) is 0 Å². The molecule has 3 heteroatoms. The van der Waals surface area contributed by atoms with Crippen LogP contribution in [0.3, 0.4) is 0 Å². The number of nitrogens with two attached hydrogens (primary N) is 1. The van der Waals surface area contributed by atoms with Crippen LogP contribution in [0, 0.1) is 11.8 Å². The van der Waals surface area contributed by atoms with E-state index in [0.29, 0.717) is 12.3 Å². The van der Waals surface area contributed by atoms with Crippen molar-refractivity contribution in [1.29, 1.82) is 0 Å². The van der Waals surface area contributed by atoms with Crippen molar-refractivity contribution in [2.45, 2.75) is 37.7 Å². The summed E-state index contributed by atoms with van der Waals surface area (Å²) in [6.07, 6.45) is 4.89. The quantitative estimate of drug-likeness (QED) is 0.597. The van der Waals surface area contributed by atoms with Gasteiger partial charge in [-0.05, 0) is 43.9 Å². The van der Waals surface area contributed by atoms with Crippen LogP contribution in [-0.4, -0.2) is 16.6 Å². The fourth-order valence-corrected chi connectivity index (χ4v) is 2.75. The molecule has 3 saturated carbocycles. The molecular formula is C9H15NO2. The van der Waals surface area contributed by atoms with Crippen LogP contribution >= 0.6 is 0 Å². The zero-order valence-corrected chi connectivity index (χ0v) is 7.12. The summed E-state index contributed by atoms with van der Waals surface area (Å²) in [5.74, 6) is 0.157. The van der Waals surface area contributed by atoms with Crippen molar-refractivity contribution < 1.29 is 9.90 Å². The van der Waals surface area contributed by atoms with Gasteiger partial charge in [0.2, 0.25) is 5.91 Å². The number of hydrogen-bond donors (Lipinski definition) is 2. The maximum atomic E-state index is 11.0. The number of hydrogen-bond acceptors (Lipinski definition) is 2. The maximum absolute atomic E-state index is 11.0. The minimum absolute atomic E-state index is 0.139. The predicted molar refractivity (Wildman–Crippen MR) is 44.2 cm³/mol. The summed E-state index contributed by atoms with van der Waals surface area (Å²) in [5, 5.41) is 9.96. The molecule has 0 radical (unpaired) electrons. The molecular weight excluding hydrogens is 154 g/mol. The molecule has 0 aromatic heterocycles. The third-order valence-electron chi connectivity index (χ3n) is 3.55. The lowest BCUT2D eigenvalue weighted by molar-refractivity contribution is -0.155. The summed E-state index contributed by atoms with van der Waals surface area (Å²) < 4.78 is 0. The van der Waals surface area contributed by atoms with E-state index in [9.17, 15) is 9.90 Å². The van der Waals surface area contributed by atoms with E-state index in [0.717, 1.165) is 12.8 Å². The van der Waals surface area contributed by atoms with E-state index in [1.165, 1.54) is 12.8 Å². The van der Waals surface area contributed by atoms with Crippen molar-refractivity contribution in [1.82, 2.24) is 0 Å². The van der Waals surface area contributed by atoms with Crippen molar-refractivity contribution in [3.63, 3.8) is 0 Å². The van der Waals surface area contributed by atoms with E-state index in [4.69, 9.17) is 5.73 Å². The van der Waals surface area contributed by atoms with Gasteiger partial charge in [0.15, 0.2) is 0 Å². The zero-order valence-electron chi connectivity index (χ0n) is 7.12. The molecule has 1 atom stereocenters. The number of rotatable bonds is 1. The Balaban J connectivity index is 2.22. The van der Waals surface area contributed by atoms with Crippen LogP contribution in [0.2, 0.25) is 0 Å². The molecule has 3 nitrogen and oxygen atoms in total. The summed E-state index contributed by atoms with van der Waals surface area (Å²) >= 11 is 0. The Bertz CT molecular complexity index is 209. The van der Waals surface area contributed by atoms with Gasteiger partial charge in [0.25, 0.3) is 0 Å². The van der Waals surface area contributed by atoms with Crippen molar-refractivity contribution in [2.24, 2.45) is 17.6 Å². The van der Waals surface area contributed by atoms with Crippen molar-refractivity contribution in [3.8, 4) is 0 Å². The van der Waals surface area contributed by atoms with Gasteiger partial charge < -0.3 is 10.8 Å². The predicted octanol–water partition coefficient (Wildman–Crippen LogP) is 0.413. The smallest absolute Gasteiger partial charge is 0.249 e. The average Bonchev–Trinajstić information content (AvgIpc) is 2.05. The summed E-state index contributed by atoms with van der Waals surface area (Å²) in [7, 11) is 0. The Labute approximate surface area is 71.9 Å². The largest absolute Gasteiger partial charge is 0.380 e. The molecule has 1 unspecified atom stereocenters. The standard InChI is InChI=1S/C9H15NO2/c10-8(11)9(12)5-6-1-3-7(9)4-2-6/h6-7,12H,1-5H2,(H2,10,11). The number of carbonyl (C=O) groups is 1. The van der Waals surface area contributed by atoms with E-state index >= 15 is 0 Å². The molecule has 3 aliphatic carbocycles. The second-order valence-electron chi connectivity index (χ2n) is 4.21. The molecule has 0 heterocycles. The lowest BCUT2D eigenvalue weighted by Crippen LogP contribution is -2.55. The van der Waals surface area contributed by atoms with Gasteiger partial charge in [-0.25, -0.2) is 0 Å². The van der Waals surface area contributed by atoms with Crippen LogP contribution < -0.4 is 5.73 Å². The first-order chi connectivity index (χ1) is 5.63. The van der Waals surface area contributed by atoms with Gasteiger partial charge in [0.1, 0.15) is 5.60 Å². The highest BCUT2D eigenvalue weighted by Gasteiger charge is 2.49. The van der Waals surface area contributed by atoms with Crippen LogP contribution in [0.1, 0.15) is 32.1 Å². The number of fused-ring (bicyclic) bond motifs is 3. The fourth-order valence-electron chi connectivity index (χ4n) is 2.75. The third-order valence-corrected chi connectivity index (χ3v) is 3.55. The Morgan fingerprint density at radius 1 is 1.33 bits per heavy atom. The molecule has 2 bridgehead atoms. The van der Waals surface area contributed by atoms with Gasteiger partial charge in [0, 0.05) is 0 Å². The number of aliphatic hydroxyl groups is 1. The lowest BCUT2D eigenvalue weighted by atomic mass is 9.62. The van der Waals surface area contributed by atoms with Gasteiger partial charge in [-0.1, -0.05) is 0 Å². The molecule has 68 valence electrons. The van der Waals surface area contributed by atoms with E-state index in [-0.39, 0.29) is 5.92 Å². The van der Waals surface area contributed by atoms with Crippen molar-refractivity contribution in [2.75, 3.05) is 0 Å². The van der Waals surface area contributed by atoms with Crippen LogP contribution in [0.5, 0.6) is 0 Å². The van der Waals surface area contributed by atoms with Gasteiger partial charge in [-0.3, -0.25) is 4.79 Å². The molecule has 0 spiro atoms. The first kappa shape index (κ1) is 8.05. The molecule has 3 fully saturated rings. The highest BCUT2D eigenvalue weighted by molar-refractivity contribution is 5.83. The highest BCUT2D eigenvalue weighted by atomic mass is 16.3. The topological polar surface area (TPSA) is 63.3 Å². The monoisotopic (exact) mass is 169 g/mol. The van der Waals surface area contributed by atoms with Crippen LogP contribution in [-0.2, 0) is 4.79 Å². The van der Waals surface area contributed by atoms with E-state index < -0.39 is 11.5 Å². The second kappa shape index (κ2) is 2.46. The highest BCUT2D eigenvalue weighted by Crippen LogP contribution is 2.47. The Morgan fingerprint density at radius 3 is 2.17 bits per heavy atom. The third kappa shape index (κ3) is 0.959. The molecule has 12 heavy (non-hydrogen) atoms. The van der Waals surface area contributed by atoms with E-state index in [1.54, 1.807) is 0 Å². The van der Waals surface area contributed by atoms with Crippen LogP contribution in [0.15, 0.2) is 0 Å². The SMILES string of the molecule is NC(=O)C1(O)CC2CCC1CC2. The summed E-state index contributed by atoms with van der Waals surface area (Å²) in [6.45, 7) is 0. The molecule has 0 saturated heterocycles. The Kier molecular flexibility index (Phi) is 1.65. The molecule has 0 aromatic rings. The number of primary amides is 1. The summed E-state index contributed by atoms with van der Waals surface area (Å²) in [6, 6.07) is 0. The minimum Gasteiger partial charge on any atom is -0.380 e. The van der Waals surface area contributed by atoms with Gasteiger partial charge >= 0.3 is 0 Å². The summed E-state index contributed by atoms with van der Waals surface area (Å²) in [4.78, 5) is 11.0. The molecule has 0 aromatic carbocycles. The molecule has 0 aliphatic heterocycles. The van der Waals surface area contributed by atoms with E-state index in [1.807, 2.05) is 0 Å². The van der Waals surface area contributed by atoms with Gasteiger partial charge in [-0.2, -0.15) is 0 Å². The average molecular weight is 169 g/mol. The Morgan fingerprint density at radius 2 is 1.92 bits per heavy atom.